The first-order chi connectivity index (χ1) is 10.9. The first kappa shape index (κ1) is 17.5. The molecule has 0 heterocycles. The summed E-state index contributed by atoms with van der Waals surface area (Å²) in [7, 11) is 0. The van der Waals surface area contributed by atoms with E-state index in [0.717, 1.165) is 0 Å². The van der Waals surface area contributed by atoms with Gasteiger partial charge in [-0.15, -0.1) is 0 Å². The van der Waals surface area contributed by atoms with Crippen LogP contribution in [0.2, 0.25) is 0 Å². The molecule has 0 aliphatic heterocycles. The lowest BCUT2D eigenvalue weighted by Gasteiger charge is -2.17. The number of carboxylic acids is 1. The maximum Gasteiger partial charge on any atom is 0.326 e. The topological polar surface area (TPSA) is 86.6 Å². The Hall–Kier alpha value is -1.86. The van der Waals surface area contributed by atoms with Crippen LogP contribution in [-0.2, 0) is 11.2 Å². The fourth-order valence-corrected chi connectivity index (χ4v) is 3.51. The lowest BCUT2D eigenvalue weighted by atomic mass is 10.1. The van der Waals surface area contributed by atoms with Crippen molar-refractivity contribution in [1.82, 2.24) is 5.32 Å². The van der Waals surface area contributed by atoms with E-state index in [1.165, 1.54) is 12.1 Å². The first-order valence-electron chi connectivity index (χ1n) is 6.64. The Morgan fingerprint density at radius 1 is 1.09 bits per heavy atom. The Kier molecular flexibility index (Phi) is 5.79. The van der Waals surface area contributed by atoms with Crippen molar-refractivity contribution >= 4 is 43.7 Å². The molecule has 7 heteroatoms. The molecular weight excluding hydrogens is 430 g/mol. The van der Waals surface area contributed by atoms with Crippen molar-refractivity contribution in [1.29, 1.82) is 0 Å². The van der Waals surface area contributed by atoms with Crippen LogP contribution >= 0.6 is 31.9 Å². The number of carboxylic acid groups (broad SMARTS) is 1. The Balaban J connectivity index is 2.20. The number of hydrogen-bond acceptors (Lipinski definition) is 3. The molecule has 0 aliphatic rings. The second-order valence-corrected chi connectivity index (χ2v) is 6.53. The SMILES string of the molecule is O=C(NC(Cc1c(Br)cc(O)cc1Br)C(=O)O)c1ccccc1. The quantitative estimate of drug-likeness (QED) is 0.662. The van der Waals surface area contributed by atoms with Gasteiger partial charge in [0, 0.05) is 20.9 Å². The molecule has 23 heavy (non-hydrogen) atoms. The fraction of sp³-hybridized carbons (Fsp3) is 0.125. The minimum atomic E-state index is -1.14. The smallest absolute Gasteiger partial charge is 0.326 e. The van der Waals surface area contributed by atoms with Crippen LogP contribution < -0.4 is 5.32 Å². The van der Waals surface area contributed by atoms with Crippen LogP contribution in [0.4, 0.5) is 0 Å². The first-order valence-corrected chi connectivity index (χ1v) is 8.22. The Morgan fingerprint density at radius 2 is 1.65 bits per heavy atom. The number of phenols is 1. The maximum absolute atomic E-state index is 12.1. The Labute approximate surface area is 149 Å². The molecule has 0 aromatic heterocycles. The van der Waals surface area contributed by atoms with Gasteiger partial charge in [-0.2, -0.15) is 0 Å². The van der Waals surface area contributed by atoms with Crippen LogP contribution in [0.25, 0.3) is 0 Å². The molecule has 0 spiro atoms. The molecule has 2 rings (SSSR count). The number of amides is 1. The number of phenolic OH excluding ortho intramolecular Hbond substituents is 1. The van der Waals surface area contributed by atoms with Gasteiger partial charge >= 0.3 is 5.97 Å². The van der Waals surface area contributed by atoms with E-state index in [4.69, 9.17) is 0 Å². The van der Waals surface area contributed by atoms with Crippen LogP contribution in [0.3, 0.4) is 0 Å². The normalized spacial score (nSPS) is 11.7. The monoisotopic (exact) mass is 441 g/mol. The van der Waals surface area contributed by atoms with Crippen molar-refractivity contribution in [3.63, 3.8) is 0 Å². The number of aliphatic carboxylic acids is 1. The number of carbonyl (C=O) groups excluding carboxylic acids is 1. The summed E-state index contributed by atoms with van der Waals surface area (Å²) in [5.74, 6) is -1.54. The molecule has 1 unspecified atom stereocenters. The number of nitrogens with one attached hydrogen (secondary N) is 1. The van der Waals surface area contributed by atoms with Crippen molar-refractivity contribution in [3.8, 4) is 5.75 Å². The summed E-state index contributed by atoms with van der Waals surface area (Å²) >= 11 is 6.58. The largest absolute Gasteiger partial charge is 0.508 e. The zero-order valence-electron chi connectivity index (χ0n) is 11.8. The zero-order valence-corrected chi connectivity index (χ0v) is 15.0. The number of rotatable bonds is 5. The molecule has 120 valence electrons. The zero-order chi connectivity index (χ0) is 17.0. The van der Waals surface area contributed by atoms with E-state index >= 15 is 0 Å². The van der Waals surface area contributed by atoms with E-state index in [2.05, 4.69) is 37.2 Å². The highest BCUT2D eigenvalue weighted by Gasteiger charge is 2.23. The highest BCUT2D eigenvalue weighted by molar-refractivity contribution is 9.11. The van der Waals surface area contributed by atoms with Crippen LogP contribution in [0.5, 0.6) is 5.75 Å². The van der Waals surface area contributed by atoms with Gasteiger partial charge in [0.2, 0.25) is 0 Å². The molecule has 0 fully saturated rings. The molecule has 0 aliphatic carbocycles. The molecule has 0 radical (unpaired) electrons. The van der Waals surface area contributed by atoms with Crippen LogP contribution in [0.15, 0.2) is 51.4 Å². The van der Waals surface area contributed by atoms with E-state index in [-0.39, 0.29) is 12.2 Å². The minimum absolute atomic E-state index is 0.0488. The highest BCUT2D eigenvalue weighted by Crippen LogP contribution is 2.31. The number of benzene rings is 2. The van der Waals surface area contributed by atoms with E-state index in [1.54, 1.807) is 30.3 Å². The van der Waals surface area contributed by atoms with Gasteiger partial charge < -0.3 is 15.5 Å². The van der Waals surface area contributed by atoms with Gasteiger partial charge in [0.15, 0.2) is 0 Å². The average molecular weight is 443 g/mol. The molecule has 2 aromatic rings. The van der Waals surface area contributed by atoms with Gasteiger partial charge in [-0.3, -0.25) is 4.79 Å². The van der Waals surface area contributed by atoms with Crippen molar-refractivity contribution in [2.75, 3.05) is 0 Å². The third-order valence-corrected chi connectivity index (χ3v) is 4.59. The summed E-state index contributed by atoms with van der Waals surface area (Å²) in [6.45, 7) is 0. The number of aromatic hydroxyl groups is 1. The third kappa shape index (κ3) is 4.56. The van der Waals surface area contributed by atoms with Crippen LogP contribution in [-0.4, -0.2) is 28.1 Å². The van der Waals surface area contributed by atoms with E-state index in [0.29, 0.717) is 20.1 Å². The van der Waals surface area contributed by atoms with Gasteiger partial charge in [-0.25, -0.2) is 4.79 Å². The van der Waals surface area contributed by atoms with E-state index < -0.39 is 17.9 Å². The van der Waals surface area contributed by atoms with Crippen LogP contribution in [0, 0.1) is 0 Å². The number of halogens is 2. The van der Waals surface area contributed by atoms with Gasteiger partial charge in [0.05, 0.1) is 0 Å². The summed E-state index contributed by atoms with van der Waals surface area (Å²) < 4.78 is 1.12. The van der Waals surface area contributed by atoms with Crippen LogP contribution in [0.1, 0.15) is 15.9 Å². The second-order valence-electron chi connectivity index (χ2n) is 4.82. The lowest BCUT2D eigenvalue weighted by Crippen LogP contribution is -2.42. The molecular formula is C16H13Br2NO4. The van der Waals surface area contributed by atoms with Gasteiger partial charge in [-0.1, -0.05) is 50.1 Å². The average Bonchev–Trinajstić information content (AvgIpc) is 2.50. The molecule has 1 atom stereocenters. The predicted molar refractivity (Wildman–Crippen MR) is 92.5 cm³/mol. The van der Waals surface area contributed by atoms with Crippen molar-refractivity contribution in [2.45, 2.75) is 12.5 Å². The Morgan fingerprint density at radius 3 is 2.17 bits per heavy atom. The van der Waals surface area contributed by atoms with Gasteiger partial charge in [0.1, 0.15) is 11.8 Å². The van der Waals surface area contributed by atoms with Crippen molar-refractivity contribution in [2.24, 2.45) is 0 Å². The predicted octanol–water partition coefficient (Wildman–Crippen LogP) is 3.34. The Bertz CT molecular complexity index is 711. The summed E-state index contributed by atoms with van der Waals surface area (Å²) in [5.41, 5.74) is 1.03. The highest BCUT2D eigenvalue weighted by atomic mass is 79.9. The molecule has 0 bridgehead atoms. The molecule has 2 aromatic carbocycles. The maximum atomic E-state index is 12.1. The summed E-state index contributed by atoms with van der Waals surface area (Å²) in [6.07, 6.45) is 0.0648. The number of hydrogen-bond donors (Lipinski definition) is 3. The minimum Gasteiger partial charge on any atom is -0.508 e. The molecule has 3 N–H and O–H groups in total. The lowest BCUT2D eigenvalue weighted by molar-refractivity contribution is -0.139. The van der Waals surface area contributed by atoms with Gasteiger partial charge in [0.25, 0.3) is 5.91 Å². The summed E-state index contributed by atoms with van der Waals surface area (Å²) in [6, 6.07) is 10.3. The summed E-state index contributed by atoms with van der Waals surface area (Å²) in [5, 5.41) is 21.4. The molecule has 1 amide bonds. The van der Waals surface area contributed by atoms with E-state index in [1.807, 2.05) is 0 Å². The van der Waals surface area contributed by atoms with Crippen molar-refractivity contribution < 1.29 is 19.8 Å². The molecule has 0 saturated heterocycles. The standard InChI is InChI=1S/C16H13Br2NO4/c17-12-6-10(20)7-13(18)11(12)8-14(16(22)23)19-15(21)9-4-2-1-3-5-9/h1-7,14,20H,8H2,(H,19,21)(H,22,23). The molecule has 5 nitrogen and oxygen atoms in total. The van der Waals surface area contributed by atoms with Gasteiger partial charge in [-0.05, 0) is 29.8 Å². The third-order valence-electron chi connectivity index (χ3n) is 3.17. The summed E-state index contributed by atoms with van der Waals surface area (Å²) in [4.78, 5) is 23.6. The molecule has 0 saturated carbocycles. The van der Waals surface area contributed by atoms with E-state index in [9.17, 15) is 19.8 Å². The van der Waals surface area contributed by atoms with Crippen molar-refractivity contribution in [3.05, 3.63) is 62.5 Å². The fourth-order valence-electron chi connectivity index (χ4n) is 2.02. The second kappa shape index (κ2) is 7.61. The number of carbonyl (C=O) groups is 2.